The Morgan fingerprint density at radius 2 is 1.05 bits per heavy atom. The fraction of sp³-hybridized carbons (Fsp3) is 0.437. The maximum absolute atomic E-state index is 13.1. The van der Waals surface area contributed by atoms with Gasteiger partial charge in [-0.3, -0.25) is 0 Å². The van der Waals surface area contributed by atoms with Gasteiger partial charge in [0.15, 0.2) is 23.8 Å². The molecule has 14 rings (SSSR count). The molecule has 4 aliphatic rings. The predicted molar refractivity (Wildman–Crippen MR) is 367 cm³/mol. The van der Waals surface area contributed by atoms with Crippen LogP contribution in [0.15, 0.2) is 112 Å². The van der Waals surface area contributed by atoms with E-state index in [4.69, 9.17) is 58.9 Å². The van der Waals surface area contributed by atoms with Crippen molar-refractivity contribution >= 4 is 50.0 Å². The summed E-state index contributed by atoms with van der Waals surface area (Å²) in [5, 5.41) is 23.0. The molecule has 4 aliphatic heterocycles. The molecule has 0 saturated carbocycles. The molecule has 0 spiro atoms. The predicted octanol–water partition coefficient (Wildman–Crippen LogP) is 12.5. The van der Waals surface area contributed by atoms with Crippen LogP contribution in [0, 0.1) is 41.5 Å². The number of hydrogen-bond acceptors (Lipinski definition) is 22. The molecular weight excluding hydrogens is 1270 g/mol. The molecule has 27 heteroatoms. The van der Waals surface area contributed by atoms with E-state index in [-0.39, 0.29) is 60.6 Å². The summed E-state index contributed by atoms with van der Waals surface area (Å²) >= 11 is 0. The number of anilines is 1. The lowest BCUT2D eigenvalue weighted by atomic mass is 10.00. The van der Waals surface area contributed by atoms with Crippen LogP contribution >= 0.6 is 0 Å². The summed E-state index contributed by atoms with van der Waals surface area (Å²) in [6.45, 7) is 18.4. The van der Waals surface area contributed by atoms with E-state index in [0.717, 1.165) is 155 Å². The molecule has 0 bridgehead atoms. The number of rotatable bonds is 13. The van der Waals surface area contributed by atoms with Crippen LogP contribution in [0.25, 0.3) is 67.4 Å². The third kappa shape index (κ3) is 15.4. The third-order valence-corrected chi connectivity index (χ3v) is 19.1. The number of pyridine rings is 2. The quantitative estimate of drug-likeness (QED) is 0.101. The highest BCUT2D eigenvalue weighted by molar-refractivity contribution is 7.90. The van der Waals surface area contributed by atoms with Gasteiger partial charge in [-0.2, -0.15) is 10.2 Å². The topological polar surface area (TPSA) is 315 Å². The van der Waals surface area contributed by atoms with E-state index in [1.807, 2.05) is 144 Å². The van der Waals surface area contributed by atoms with Crippen molar-refractivity contribution in [3.63, 3.8) is 0 Å². The molecule has 10 aromatic rings. The first-order valence-electron chi connectivity index (χ1n) is 33.5. The Morgan fingerprint density at radius 3 is 1.52 bits per heavy atom. The molecule has 0 aliphatic carbocycles. The van der Waals surface area contributed by atoms with Crippen LogP contribution in [-0.2, 0) is 42.0 Å². The zero-order valence-corrected chi connectivity index (χ0v) is 57.7. The summed E-state index contributed by atoms with van der Waals surface area (Å²) in [6.07, 6.45) is 12.8. The summed E-state index contributed by atoms with van der Waals surface area (Å²) in [4.78, 5) is 56.5. The van der Waals surface area contributed by atoms with Gasteiger partial charge in [0.2, 0.25) is 20.9 Å². The number of nitrogens with zero attached hydrogens (tertiary/aromatic N) is 14. The molecule has 3 N–H and O–H groups in total. The van der Waals surface area contributed by atoms with Gasteiger partial charge in [0.05, 0.1) is 45.3 Å². The molecule has 26 nitrogen and oxygen atoms in total. The van der Waals surface area contributed by atoms with Crippen molar-refractivity contribution in [2.45, 2.75) is 175 Å². The average Bonchev–Trinajstić information content (AvgIpc) is 1.60. The Hall–Kier alpha value is -9.57. The normalized spacial score (nSPS) is 19.7. The number of benzene rings is 2. The van der Waals surface area contributed by atoms with Gasteiger partial charge in [-0.1, -0.05) is 71.0 Å². The van der Waals surface area contributed by atoms with Gasteiger partial charge in [0, 0.05) is 79.9 Å². The zero-order valence-electron chi connectivity index (χ0n) is 56.8. The summed E-state index contributed by atoms with van der Waals surface area (Å²) in [6, 6.07) is 27.6. The smallest absolute Gasteiger partial charge is 0.410 e. The highest BCUT2D eigenvalue weighted by Gasteiger charge is 2.33. The molecule has 8 aromatic heterocycles. The lowest BCUT2D eigenvalue weighted by Crippen LogP contribution is -2.50. The van der Waals surface area contributed by atoms with Crippen molar-refractivity contribution in [2.24, 2.45) is 5.73 Å². The van der Waals surface area contributed by atoms with E-state index in [9.17, 15) is 18.0 Å². The van der Waals surface area contributed by atoms with Crippen LogP contribution in [0.2, 0.25) is 0 Å². The van der Waals surface area contributed by atoms with E-state index in [1.54, 1.807) is 14.5 Å². The van der Waals surface area contributed by atoms with Crippen molar-refractivity contribution in [2.75, 3.05) is 37.9 Å². The number of carbonyl (C=O) groups is 2. The van der Waals surface area contributed by atoms with E-state index in [1.165, 1.54) is 6.20 Å². The van der Waals surface area contributed by atoms with Crippen LogP contribution in [0.1, 0.15) is 136 Å². The van der Waals surface area contributed by atoms with Crippen molar-refractivity contribution in [3.8, 4) is 45.3 Å². The second-order valence-corrected chi connectivity index (χ2v) is 27.7. The molecule has 4 fully saturated rings. The van der Waals surface area contributed by atoms with Crippen LogP contribution in [0.5, 0.6) is 0 Å². The standard InChI is InChI=1S/C35H40N8O4.C22H24N6O4S.C14H20N2O2/c1-21-18-36-34(37-26-14-13-22(2)42(19-26)35(44)46-20-25-10-6-5-7-11-25)39-31(21)32-27-15-16-28(30-23(3)41-47-24(30)4)38-33(27)43(40-32)29-12-8-9-17-45-29;1-12-11-23-22(33(4,29)30)25-19(12)20-15-8-9-16(18-13(2)27-32-14(18)3)24-21(15)28(26-20)17-7-5-6-10-31-17;1-11-7-8-13(15)9-16(11)14(17)18-10-12-5-3-2-4-6-12/h5-7,10-11,15-16,18,22,26,29H,8-9,12-14,17,19-20H2,1-4H3,(H,36,37,39);8-9,11,17H,5-7,10H2,1-4H3;2-6,11,13H,7-10,15H2,1H3/t22-,26-,29?;;11-,13-/m1.1/s1. The first-order valence-corrected chi connectivity index (χ1v) is 35.4. The minimum atomic E-state index is -3.58. The summed E-state index contributed by atoms with van der Waals surface area (Å²) in [5.41, 5.74) is 18.0. The number of nitrogens with two attached hydrogens (primary N) is 1. The zero-order chi connectivity index (χ0) is 68.8. The van der Waals surface area contributed by atoms with Crippen LogP contribution in [0.4, 0.5) is 15.5 Å². The average molecular weight is 1350 g/mol. The molecular formula is C71H84N16O10S. The summed E-state index contributed by atoms with van der Waals surface area (Å²) < 4.78 is 61.8. The van der Waals surface area contributed by atoms with Gasteiger partial charge in [-0.05, 0) is 166 Å². The Bertz CT molecular complexity index is 4530. The molecule has 2 unspecified atom stereocenters. The SMILES string of the molecule is C[C@@H]1CC[C@@H](N)CN1C(=O)OCc1ccccc1.Cc1cnc(N[C@@H]2CC[C@@H](C)N(C(=O)OCc3ccccc3)C2)nc1-c1nn(C2CCCCO2)c2nc(-c3c(C)noc3C)ccc12.Cc1cnc(S(C)(=O)=O)nc1-c1nn(C2CCCCO2)c2nc(-c3c(C)noc3C)ccc12. The number of amides is 2. The largest absolute Gasteiger partial charge is 0.445 e. The Balaban J connectivity index is 0.000000155. The van der Waals surface area contributed by atoms with Gasteiger partial charge in [-0.25, -0.2) is 57.3 Å². The second-order valence-electron chi connectivity index (χ2n) is 25.8. The number of piperidine rings is 2. The van der Waals surface area contributed by atoms with Gasteiger partial charge < -0.3 is 48.8 Å². The number of ether oxygens (including phenoxy) is 4. The Morgan fingerprint density at radius 1 is 0.571 bits per heavy atom. The van der Waals surface area contributed by atoms with Crippen molar-refractivity contribution in [1.29, 1.82) is 0 Å². The van der Waals surface area contributed by atoms with Crippen LogP contribution in [0.3, 0.4) is 0 Å². The van der Waals surface area contributed by atoms with Gasteiger partial charge in [0.25, 0.3) is 0 Å². The number of fused-ring (bicyclic) bond motifs is 2. The molecule has 2 aromatic carbocycles. The molecule has 2 amide bonds. The second kappa shape index (κ2) is 30.0. The highest BCUT2D eigenvalue weighted by atomic mass is 32.2. The van der Waals surface area contributed by atoms with E-state index < -0.39 is 9.84 Å². The number of carbonyl (C=O) groups excluding carboxylic acids is 2. The van der Waals surface area contributed by atoms with E-state index in [2.05, 4.69) is 37.5 Å². The van der Waals surface area contributed by atoms with Crippen molar-refractivity contribution in [3.05, 3.63) is 142 Å². The number of aryl methyl sites for hydroxylation is 6. The number of nitrogens with one attached hydrogen (secondary N) is 1. The summed E-state index contributed by atoms with van der Waals surface area (Å²) in [7, 11) is -3.58. The van der Waals surface area contributed by atoms with E-state index in [0.29, 0.717) is 67.2 Å². The molecule has 4 saturated heterocycles. The maximum atomic E-state index is 13.1. The van der Waals surface area contributed by atoms with Gasteiger partial charge >= 0.3 is 12.2 Å². The summed E-state index contributed by atoms with van der Waals surface area (Å²) in [5.74, 6) is 1.89. The van der Waals surface area contributed by atoms with E-state index >= 15 is 0 Å². The maximum Gasteiger partial charge on any atom is 0.410 e. The Labute approximate surface area is 569 Å². The van der Waals surface area contributed by atoms with Gasteiger partial charge in [-0.15, -0.1) is 0 Å². The molecule has 12 heterocycles. The minimum absolute atomic E-state index is 0.0322. The molecule has 514 valence electrons. The fourth-order valence-electron chi connectivity index (χ4n) is 12.8. The fourth-order valence-corrected chi connectivity index (χ4v) is 13.3. The van der Waals surface area contributed by atoms with Crippen molar-refractivity contribution in [1.82, 2.24) is 69.6 Å². The lowest BCUT2D eigenvalue weighted by molar-refractivity contribution is -0.0369. The lowest BCUT2D eigenvalue weighted by Gasteiger charge is -2.37. The van der Waals surface area contributed by atoms with Crippen LogP contribution in [-0.4, -0.2) is 147 Å². The first-order chi connectivity index (χ1) is 47.3. The van der Waals surface area contributed by atoms with Gasteiger partial charge in [0.1, 0.15) is 36.1 Å². The monoisotopic (exact) mass is 1350 g/mol. The molecule has 6 atom stereocenters. The molecule has 0 radical (unpaired) electrons. The van der Waals surface area contributed by atoms with Crippen LogP contribution < -0.4 is 11.1 Å². The number of sulfone groups is 1. The molecule has 98 heavy (non-hydrogen) atoms. The number of hydrogen-bond donors (Lipinski definition) is 2. The minimum Gasteiger partial charge on any atom is -0.445 e. The third-order valence-electron chi connectivity index (χ3n) is 18.3. The van der Waals surface area contributed by atoms with Crippen molar-refractivity contribution < 1.29 is 46.0 Å². The number of likely N-dealkylation sites (tertiary alicyclic amines) is 2. The number of aromatic nitrogens is 12. The first kappa shape index (κ1) is 68.4. The Kier molecular flexibility index (Phi) is 21.0. The highest BCUT2D eigenvalue weighted by Crippen LogP contribution is 2.38.